The molecule has 5 nitrogen and oxygen atoms in total. The van der Waals surface area contributed by atoms with E-state index in [1.807, 2.05) is 12.1 Å². The van der Waals surface area contributed by atoms with Crippen LogP contribution in [0.15, 0.2) is 36.0 Å². The molecule has 1 aliphatic rings. The minimum Gasteiger partial charge on any atom is -0.353 e. The van der Waals surface area contributed by atoms with Gasteiger partial charge in [-0.15, -0.1) is 11.3 Å². The number of rotatable bonds is 4. The number of nitrogens with zero attached hydrogens (tertiary/aromatic N) is 5. The standard InChI is InChI=1S/C18H21N5S/c1-2-17-21-14(12-24-17)11-22-7-9-23(10-8-22)18-15-5-3-4-6-16(15)19-13-20-18/h3-6,12-13H,2,7-11H2,1H3. The summed E-state index contributed by atoms with van der Waals surface area (Å²) in [5.41, 5.74) is 2.22. The van der Waals surface area contributed by atoms with Crippen molar-refractivity contribution >= 4 is 28.1 Å². The molecular weight excluding hydrogens is 318 g/mol. The first-order valence-electron chi connectivity index (χ1n) is 8.44. The van der Waals surface area contributed by atoms with Crippen molar-refractivity contribution in [2.24, 2.45) is 0 Å². The van der Waals surface area contributed by atoms with Crippen LogP contribution in [0.4, 0.5) is 5.82 Å². The summed E-state index contributed by atoms with van der Waals surface area (Å²) in [5.74, 6) is 1.06. The third kappa shape index (κ3) is 3.12. The van der Waals surface area contributed by atoms with Crippen molar-refractivity contribution in [2.75, 3.05) is 31.1 Å². The molecule has 2 aromatic heterocycles. The Bertz CT molecular complexity index is 818. The van der Waals surface area contributed by atoms with Gasteiger partial charge in [0.1, 0.15) is 12.1 Å². The minimum atomic E-state index is 0.953. The second-order valence-corrected chi connectivity index (χ2v) is 7.01. The van der Waals surface area contributed by atoms with E-state index in [4.69, 9.17) is 0 Å². The van der Waals surface area contributed by atoms with Gasteiger partial charge in [-0.25, -0.2) is 15.0 Å². The van der Waals surface area contributed by atoms with Gasteiger partial charge in [-0.2, -0.15) is 0 Å². The molecule has 0 unspecified atom stereocenters. The zero-order valence-corrected chi connectivity index (χ0v) is 14.7. The molecule has 124 valence electrons. The molecule has 3 aromatic rings. The maximum Gasteiger partial charge on any atom is 0.139 e. The highest BCUT2D eigenvalue weighted by atomic mass is 32.1. The Hall–Kier alpha value is -2.05. The van der Waals surface area contributed by atoms with Gasteiger partial charge in [-0.3, -0.25) is 4.90 Å². The average Bonchev–Trinajstić information content (AvgIpc) is 3.09. The Morgan fingerprint density at radius 1 is 1.08 bits per heavy atom. The second-order valence-electron chi connectivity index (χ2n) is 6.06. The molecule has 0 bridgehead atoms. The summed E-state index contributed by atoms with van der Waals surface area (Å²) in [6, 6.07) is 8.23. The van der Waals surface area contributed by atoms with Crippen molar-refractivity contribution < 1.29 is 0 Å². The molecule has 3 heterocycles. The third-order valence-electron chi connectivity index (χ3n) is 4.48. The van der Waals surface area contributed by atoms with Crippen molar-refractivity contribution in [1.82, 2.24) is 19.9 Å². The van der Waals surface area contributed by atoms with Crippen molar-refractivity contribution in [3.63, 3.8) is 0 Å². The largest absolute Gasteiger partial charge is 0.353 e. The number of thiazole rings is 1. The van der Waals surface area contributed by atoms with Gasteiger partial charge >= 0.3 is 0 Å². The van der Waals surface area contributed by atoms with Gasteiger partial charge in [-0.05, 0) is 18.6 Å². The van der Waals surface area contributed by atoms with Gasteiger partial charge in [0, 0.05) is 43.5 Å². The lowest BCUT2D eigenvalue weighted by Gasteiger charge is -2.35. The van der Waals surface area contributed by atoms with Crippen LogP contribution in [-0.2, 0) is 13.0 Å². The number of piperazine rings is 1. The molecule has 0 N–H and O–H groups in total. The lowest BCUT2D eigenvalue weighted by atomic mass is 10.2. The van der Waals surface area contributed by atoms with Crippen LogP contribution in [0.3, 0.4) is 0 Å². The fourth-order valence-electron chi connectivity index (χ4n) is 3.17. The molecule has 0 atom stereocenters. The van der Waals surface area contributed by atoms with E-state index in [2.05, 4.69) is 49.2 Å². The quantitative estimate of drug-likeness (QED) is 0.731. The number of hydrogen-bond donors (Lipinski definition) is 0. The monoisotopic (exact) mass is 339 g/mol. The topological polar surface area (TPSA) is 45.2 Å². The molecule has 0 aliphatic carbocycles. The average molecular weight is 339 g/mol. The van der Waals surface area contributed by atoms with E-state index in [0.717, 1.165) is 55.9 Å². The molecule has 6 heteroatoms. The summed E-state index contributed by atoms with van der Waals surface area (Å²) in [6.07, 6.45) is 2.70. The first-order chi connectivity index (χ1) is 11.8. The highest BCUT2D eigenvalue weighted by Gasteiger charge is 2.20. The summed E-state index contributed by atoms with van der Waals surface area (Å²) in [5, 5.41) is 4.57. The van der Waals surface area contributed by atoms with Crippen molar-refractivity contribution in [2.45, 2.75) is 19.9 Å². The molecule has 0 spiro atoms. The van der Waals surface area contributed by atoms with Crippen LogP contribution in [-0.4, -0.2) is 46.0 Å². The Labute approximate surface area is 146 Å². The number of hydrogen-bond acceptors (Lipinski definition) is 6. The predicted molar refractivity (Wildman–Crippen MR) is 98.5 cm³/mol. The number of fused-ring (bicyclic) bond motifs is 1. The molecule has 24 heavy (non-hydrogen) atoms. The molecule has 0 amide bonds. The zero-order chi connectivity index (χ0) is 16.4. The third-order valence-corrected chi connectivity index (χ3v) is 5.52. The lowest BCUT2D eigenvalue weighted by Crippen LogP contribution is -2.46. The molecule has 1 aromatic carbocycles. The second kappa shape index (κ2) is 6.83. The van der Waals surface area contributed by atoms with E-state index in [1.165, 1.54) is 10.7 Å². The summed E-state index contributed by atoms with van der Waals surface area (Å²) in [7, 11) is 0. The van der Waals surface area contributed by atoms with Crippen LogP contribution in [0.1, 0.15) is 17.6 Å². The maximum absolute atomic E-state index is 4.68. The summed E-state index contributed by atoms with van der Waals surface area (Å²) < 4.78 is 0. The zero-order valence-electron chi connectivity index (χ0n) is 13.9. The van der Waals surface area contributed by atoms with Gasteiger partial charge in [0.2, 0.25) is 0 Å². The Morgan fingerprint density at radius 3 is 2.71 bits per heavy atom. The normalized spacial score (nSPS) is 16.0. The number of benzene rings is 1. The number of aryl methyl sites for hydroxylation is 1. The van der Waals surface area contributed by atoms with E-state index >= 15 is 0 Å². The fraction of sp³-hybridized carbons (Fsp3) is 0.389. The lowest BCUT2D eigenvalue weighted by molar-refractivity contribution is 0.247. The summed E-state index contributed by atoms with van der Waals surface area (Å²) >= 11 is 1.77. The van der Waals surface area contributed by atoms with E-state index < -0.39 is 0 Å². The van der Waals surface area contributed by atoms with E-state index in [9.17, 15) is 0 Å². The van der Waals surface area contributed by atoms with E-state index in [1.54, 1.807) is 17.7 Å². The van der Waals surface area contributed by atoms with Gasteiger partial charge in [0.15, 0.2) is 0 Å². The van der Waals surface area contributed by atoms with Crippen LogP contribution in [0.5, 0.6) is 0 Å². The van der Waals surface area contributed by atoms with Crippen LogP contribution < -0.4 is 4.90 Å². The molecular formula is C18H21N5S. The minimum absolute atomic E-state index is 0.953. The first-order valence-corrected chi connectivity index (χ1v) is 9.32. The van der Waals surface area contributed by atoms with Crippen LogP contribution in [0, 0.1) is 0 Å². The Morgan fingerprint density at radius 2 is 1.92 bits per heavy atom. The van der Waals surface area contributed by atoms with Gasteiger partial charge in [0.25, 0.3) is 0 Å². The molecule has 0 saturated carbocycles. The van der Waals surface area contributed by atoms with Crippen LogP contribution in [0.25, 0.3) is 10.9 Å². The summed E-state index contributed by atoms with van der Waals surface area (Å²) in [6.45, 7) is 7.18. The molecule has 1 saturated heterocycles. The van der Waals surface area contributed by atoms with Crippen molar-refractivity contribution in [1.29, 1.82) is 0 Å². The molecule has 0 radical (unpaired) electrons. The fourth-order valence-corrected chi connectivity index (χ4v) is 3.91. The maximum atomic E-state index is 4.68. The molecule has 4 rings (SSSR count). The molecule has 1 aliphatic heterocycles. The first kappa shape index (κ1) is 15.5. The van der Waals surface area contributed by atoms with E-state index in [-0.39, 0.29) is 0 Å². The van der Waals surface area contributed by atoms with Gasteiger partial charge < -0.3 is 4.90 Å². The highest BCUT2D eigenvalue weighted by Crippen LogP contribution is 2.24. The summed E-state index contributed by atoms with van der Waals surface area (Å²) in [4.78, 5) is 18.4. The number of aromatic nitrogens is 3. The van der Waals surface area contributed by atoms with Gasteiger partial charge in [-0.1, -0.05) is 19.1 Å². The van der Waals surface area contributed by atoms with Crippen molar-refractivity contribution in [3.05, 3.63) is 46.7 Å². The van der Waals surface area contributed by atoms with E-state index in [0.29, 0.717) is 0 Å². The SMILES string of the molecule is CCc1nc(CN2CCN(c3ncnc4ccccc34)CC2)cs1. The number of anilines is 1. The Balaban J connectivity index is 1.44. The van der Waals surface area contributed by atoms with Gasteiger partial charge in [0.05, 0.1) is 16.2 Å². The van der Waals surface area contributed by atoms with Crippen LogP contribution >= 0.6 is 11.3 Å². The smallest absolute Gasteiger partial charge is 0.139 e. The Kier molecular flexibility index (Phi) is 4.40. The van der Waals surface area contributed by atoms with Crippen LogP contribution in [0.2, 0.25) is 0 Å². The highest BCUT2D eigenvalue weighted by molar-refractivity contribution is 7.09. The molecule has 1 fully saturated rings. The number of para-hydroxylation sites is 1. The van der Waals surface area contributed by atoms with Crippen molar-refractivity contribution in [3.8, 4) is 0 Å². The predicted octanol–water partition coefficient (Wildman–Crippen LogP) is 2.97.